The molecule has 0 bridgehead atoms. The molecule has 71 heavy (non-hydrogen) atoms. The average Bonchev–Trinajstić information content (AvgIpc) is 4.07. The summed E-state index contributed by atoms with van der Waals surface area (Å²) < 4.78 is 9.10. The van der Waals surface area contributed by atoms with Gasteiger partial charge in [-0.3, -0.25) is 0 Å². The summed E-state index contributed by atoms with van der Waals surface area (Å²) >= 11 is 0. The Bertz CT molecular complexity index is 4430. The highest BCUT2D eigenvalue weighted by Crippen LogP contribution is 2.49. The summed E-state index contributed by atoms with van der Waals surface area (Å²) in [6.07, 6.45) is 2.65. The lowest BCUT2D eigenvalue weighted by molar-refractivity contribution is 1.02. The Kier molecular flexibility index (Phi) is 9.15. The molecule has 13 rings (SSSR count). The van der Waals surface area contributed by atoms with Crippen molar-refractivity contribution in [3.8, 4) is 34.9 Å². The van der Waals surface area contributed by atoms with Gasteiger partial charge in [0.05, 0.1) is 66.9 Å². The van der Waals surface area contributed by atoms with Crippen molar-refractivity contribution in [3.63, 3.8) is 0 Å². The summed E-state index contributed by atoms with van der Waals surface area (Å²) in [4.78, 5) is 0. The molecule has 0 aliphatic heterocycles. The number of allylic oxidation sites excluding steroid dienone is 1. The first-order chi connectivity index (χ1) is 34.6. The molecule has 0 fully saturated rings. The second kappa shape index (κ2) is 15.5. The zero-order chi connectivity index (χ0) is 48.6. The highest BCUT2D eigenvalue weighted by atomic mass is 15.1. The minimum atomic E-state index is 0.440. The molecular formula is C65H48N6. The number of benzene rings is 9. The van der Waals surface area contributed by atoms with Gasteiger partial charge in [0.15, 0.2) is 0 Å². The number of hydrogen-bond donors (Lipinski definition) is 0. The monoisotopic (exact) mass is 912 g/mol. The summed E-state index contributed by atoms with van der Waals surface area (Å²) in [5.41, 5.74) is 18.9. The van der Waals surface area contributed by atoms with E-state index in [2.05, 4.69) is 230 Å². The van der Waals surface area contributed by atoms with Crippen molar-refractivity contribution in [2.45, 2.75) is 48.0 Å². The van der Waals surface area contributed by atoms with Crippen LogP contribution in [-0.2, 0) is 6.42 Å². The van der Waals surface area contributed by atoms with E-state index in [-0.39, 0.29) is 0 Å². The molecule has 0 spiro atoms. The van der Waals surface area contributed by atoms with Gasteiger partial charge in [0, 0.05) is 43.1 Å². The number of fused-ring (bicyclic) bond motifs is 12. The predicted octanol–water partition coefficient (Wildman–Crippen LogP) is 16.4. The first-order valence-corrected chi connectivity index (χ1v) is 24.3. The predicted molar refractivity (Wildman–Crippen MR) is 296 cm³/mol. The number of hydrogen-bond acceptors (Lipinski definition) is 2. The molecule has 6 heteroatoms. The second-order valence-electron chi connectivity index (χ2n) is 19.7. The second-order valence-corrected chi connectivity index (χ2v) is 19.7. The number of nitriles is 2. The summed E-state index contributed by atoms with van der Waals surface area (Å²) in [6, 6.07) is 60.5. The SMILES string of the molecule is C=CCc1ccc2c(c1)c1ccccc1n2-c1c(C#N)c(-n2c3ccc(C)cc3c3cc(C)ccc32)c(-n2c3ccc(C)cc3c3cc(C)ccc32)c(C#N)c1-n1c2ccc(C)cc2c2cc(C)ccc21. The van der Waals surface area contributed by atoms with Crippen molar-refractivity contribution in [2.75, 3.05) is 0 Å². The maximum atomic E-state index is 12.6. The van der Waals surface area contributed by atoms with Gasteiger partial charge >= 0.3 is 0 Å². The van der Waals surface area contributed by atoms with Crippen molar-refractivity contribution in [2.24, 2.45) is 0 Å². The third-order valence-corrected chi connectivity index (χ3v) is 14.9. The van der Waals surface area contributed by atoms with Crippen LogP contribution in [0.15, 0.2) is 164 Å². The molecule has 4 heterocycles. The van der Waals surface area contributed by atoms with Crippen LogP contribution in [0.4, 0.5) is 0 Å². The lowest BCUT2D eigenvalue weighted by atomic mass is 9.98. The van der Waals surface area contributed by atoms with Crippen LogP contribution in [-0.4, -0.2) is 18.3 Å². The zero-order valence-corrected chi connectivity index (χ0v) is 40.6. The molecule has 0 aliphatic carbocycles. The van der Waals surface area contributed by atoms with Gasteiger partial charge in [-0.05, 0) is 145 Å². The van der Waals surface area contributed by atoms with E-state index in [4.69, 9.17) is 0 Å². The lowest BCUT2D eigenvalue weighted by Crippen LogP contribution is -2.16. The molecule has 0 saturated heterocycles. The van der Waals surface area contributed by atoms with Crippen LogP contribution in [0.3, 0.4) is 0 Å². The van der Waals surface area contributed by atoms with Crippen LogP contribution in [0.2, 0.25) is 0 Å². The Balaban J connectivity index is 1.37. The lowest BCUT2D eigenvalue weighted by Gasteiger charge is -2.27. The van der Waals surface area contributed by atoms with Gasteiger partial charge in [-0.2, -0.15) is 10.5 Å². The van der Waals surface area contributed by atoms with Gasteiger partial charge in [-0.15, -0.1) is 6.58 Å². The first kappa shape index (κ1) is 42.0. The molecule has 9 aromatic carbocycles. The van der Waals surface area contributed by atoms with Gasteiger partial charge in [-0.25, -0.2) is 0 Å². The third kappa shape index (κ3) is 5.98. The normalized spacial score (nSPS) is 11.9. The molecule has 338 valence electrons. The van der Waals surface area contributed by atoms with Gasteiger partial charge in [-0.1, -0.05) is 100 Å². The number of aromatic nitrogens is 4. The molecule has 0 saturated carbocycles. The third-order valence-electron chi connectivity index (χ3n) is 14.9. The Hall–Kier alpha value is -9.10. The van der Waals surface area contributed by atoms with Crippen LogP contribution >= 0.6 is 0 Å². The van der Waals surface area contributed by atoms with Crippen molar-refractivity contribution >= 4 is 87.2 Å². The quantitative estimate of drug-likeness (QED) is 0.156. The number of nitrogens with zero attached hydrogens (tertiary/aromatic N) is 6. The fourth-order valence-corrected chi connectivity index (χ4v) is 11.8. The summed E-state index contributed by atoms with van der Waals surface area (Å²) in [7, 11) is 0. The smallest absolute Gasteiger partial charge is 0.104 e. The van der Waals surface area contributed by atoms with E-state index < -0.39 is 0 Å². The Morgan fingerprint density at radius 2 is 0.620 bits per heavy atom. The molecule has 0 N–H and O–H groups in total. The summed E-state index contributed by atoms with van der Waals surface area (Å²) in [6.45, 7) is 16.9. The van der Waals surface area contributed by atoms with Crippen LogP contribution < -0.4 is 0 Å². The highest BCUT2D eigenvalue weighted by Gasteiger charge is 2.34. The minimum Gasteiger partial charge on any atom is -0.306 e. The van der Waals surface area contributed by atoms with Crippen LogP contribution in [0.5, 0.6) is 0 Å². The average molecular weight is 913 g/mol. The molecular weight excluding hydrogens is 865 g/mol. The molecule has 0 atom stereocenters. The van der Waals surface area contributed by atoms with Crippen LogP contribution in [0.25, 0.3) is 110 Å². The summed E-state index contributed by atoms with van der Waals surface area (Å²) in [5, 5.41) is 33.8. The molecule has 0 aliphatic rings. The van der Waals surface area contributed by atoms with Crippen molar-refractivity contribution in [1.29, 1.82) is 10.5 Å². The van der Waals surface area contributed by atoms with E-state index in [0.29, 0.717) is 40.3 Å². The van der Waals surface area contributed by atoms with E-state index in [9.17, 15) is 10.5 Å². The standard InChI is InChI=1S/C65H48N6/c1-8-11-43-20-27-61-51(34-43)44-12-9-10-13-54(44)68(61)62-52(35-66)64(70-57-23-16-39(4)30-47(57)48-31-40(5)17-24-58(48)70)65(71-59-25-18-41(6)32-49(59)50-33-42(7)19-26-60(50)71)53(36-67)63(62)69-55-21-14-37(2)28-45(55)46-29-38(3)15-22-56(46)69/h8-10,12-34H,1,11H2,2-7H3. The van der Waals surface area contributed by atoms with E-state index in [0.717, 1.165) is 126 Å². The molecule has 13 aromatic rings. The molecule has 4 aromatic heterocycles. The zero-order valence-electron chi connectivity index (χ0n) is 40.6. The van der Waals surface area contributed by atoms with E-state index in [1.54, 1.807) is 0 Å². The van der Waals surface area contributed by atoms with Gasteiger partial charge in [0.25, 0.3) is 0 Å². The fraction of sp³-hybridized carbons (Fsp3) is 0.108. The highest BCUT2D eigenvalue weighted by molar-refractivity contribution is 6.16. The number of rotatable bonds is 6. The first-order valence-electron chi connectivity index (χ1n) is 24.3. The van der Waals surface area contributed by atoms with Gasteiger partial charge in [0.1, 0.15) is 23.3 Å². The molecule has 0 unspecified atom stereocenters. The fourth-order valence-electron chi connectivity index (χ4n) is 11.8. The van der Waals surface area contributed by atoms with E-state index >= 15 is 0 Å². The van der Waals surface area contributed by atoms with Crippen molar-refractivity contribution in [1.82, 2.24) is 18.3 Å². The summed E-state index contributed by atoms with van der Waals surface area (Å²) in [5.74, 6) is 0. The van der Waals surface area contributed by atoms with Crippen LogP contribution in [0.1, 0.15) is 50.1 Å². The molecule has 0 amide bonds. The van der Waals surface area contributed by atoms with Gasteiger partial charge < -0.3 is 18.3 Å². The van der Waals surface area contributed by atoms with E-state index in [1.165, 1.54) is 0 Å². The molecule has 6 nitrogen and oxygen atoms in total. The number of aryl methyl sites for hydroxylation is 6. The minimum absolute atomic E-state index is 0.440. The molecule has 0 radical (unpaired) electrons. The largest absolute Gasteiger partial charge is 0.306 e. The maximum absolute atomic E-state index is 12.6. The Morgan fingerprint density at radius 3 is 0.915 bits per heavy atom. The van der Waals surface area contributed by atoms with E-state index in [1.807, 2.05) is 6.08 Å². The number of para-hydroxylation sites is 1. The van der Waals surface area contributed by atoms with Crippen LogP contribution in [0, 0.1) is 64.2 Å². The van der Waals surface area contributed by atoms with Gasteiger partial charge in [0.2, 0.25) is 0 Å². The Labute approximate surface area is 411 Å². The maximum Gasteiger partial charge on any atom is 0.104 e. The van der Waals surface area contributed by atoms with Crippen molar-refractivity contribution < 1.29 is 0 Å². The topological polar surface area (TPSA) is 67.3 Å². The Morgan fingerprint density at radius 1 is 0.352 bits per heavy atom. The van der Waals surface area contributed by atoms with Crippen molar-refractivity contribution in [3.05, 3.63) is 214 Å².